The van der Waals surface area contributed by atoms with Crippen molar-refractivity contribution < 1.29 is 13.5 Å². The Morgan fingerprint density at radius 3 is 2.57 bits per heavy atom. The molecule has 0 saturated heterocycles. The first-order valence-electron chi connectivity index (χ1n) is 6.37. The minimum atomic E-state index is -3.73. The first-order valence-corrected chi connectivity index (χ1v) is 8.23. The summed E-state index contributed by atoms with van der Waals surface area (Å²) in [5, 5.41) is 9.23. The van der Waals surface area contributed by atoms with Crippen molar-refractivity contribution in [3.63, 3.8) is 0 Å². The van der Waals surface area contributed by atoms with Crippen LogP contribution in [0.1, 0.15) is 16.7 Å². The van der Waals surface area contributed by atoms with Crippen LogP contribution >= 0.6 is 11.6 Å². The summed E-state index contributed by atoms with van der Waals surface area (Å²) in [4.78, 5) is -0.0247. The van der Waals surface area contributed by atoms with Gasteiger partial charge in [0.15, 0.2) is 0 Å². The van der Waals surface area contributed by atoms with Gasteiger partial charge in [-0.05, 0) is 30.2 Å². The summed E-state index contributed by atoms with van der Waals surface area (Å²) in [6.07, 6.45) is 0. The molecule has 0 atom stereocenters. The van der Waals surface area contributed by atoms with Crippen LogP contribution in [0.3, 0.4) is 0 Å². The third-order valence-electron chi connectivity index (χ3n) is 3.02. The number of hydrogen-bond acceptors (Lipinski definition) is 3. The number of aliphatic hydroxyl groups is 1. The maximum atomic E-state index is 12.3. The number of benzene rings is 2. The van der Waals surface area contributed by atoms with Crippen LogP contribution in [0, 0.1) is 6.92 Å². The standard InChI is InChI=1S/C15H16ClNO3S/c1-11-3-2-4-12(7-11)9-17-21(19,20)15-8-13(10-18)5-6-14(15)16/h2-8,17-18H,9-10H2,1H3. The normalized spacial score (nSPS) is 11.6. The van der Waals surface area contributed by atoms with E-state index in [1.54, 1.807) is 6.07 Å². The minimum absolute atomic E-state index is 0.0247. The smallest absolute Gasteiger partial charge is 0.242 e. The van der Waals surface area contributed by atoms with Gasteiger partial charge in [0, 0.05) is 6.54 Å². The molecule has 2 N–H and O–H groups in total. The predicted molar refractivity (Wildman–Crippen MR) is 82.6 cm³/mol. The van der Waals surface area contributed by atoms with Crippen LogP contribution in [0.2, 0.25) is 5.02 Å². The zero-order valence-electron chi connectivity index (χ0n) is 11.5. The highest BCUT2D eigenvalue weighted by molar-refractivity contribution is 7.89. The summed E-state index contributed by atoms with van der Waals surface area (Å²) in [6, 6.07) is 12.0. The topological polar surface area (TPSA) is 66.4 Å². The summed E-state index contributed by atoms with van der Waals surface area (Å²) in [7, 11) is -3.73. The van der Waals surface area contributed by atoms with E-state index in [9.17, 15) is 8.42 Å². The van der Waals surface area contributed by atoms with E-state index in [2.05, 4.69) is 4.72 Å². The van der Waals surface area contributed by atoms with E-state index >= 15 is 0 Å². The SMILES string of the molecule is Cc1cccc(CNS(=O)(=O)c2cc(CO)ccc2Cl)c1. The third-order valence-corrected chi connectivity index (χ3v) is 4.90. The molecule has 21 heavy (non-hydrogen) atoms. The van der Waals surface area contributed by atoms with Crippen molar-refractivity contribution in [2.24, 2.45) is 0 Å². The number of halogens is 1. The monoisotopic (exact) mass is 325 g/mol. The minimum Gasteiger partial charge on any atom is -0.392 e. The maximum absolute atomic E-state index is 12.3. The van der Waals surface area contributed by atoms with Crippen molar-refractivity contribution in [2.45, 2.75) is 25.0 Å². The van der Waals surface area contributed by atoms with E-state index in [1.165, 1.54) is 12.1 Å². The highest BCUT2D eigenvalue weighted by Gasteiger charge is 2.18. The Morgan fingerprint density at radius 1 is 1.14 bits per heavy atom. The lowest BCUT2D eigenvalue weighted by Crippen LogP contribution is -2.23. The molecule has 2 rings (SSSR count). The molecule has 2 aromatic carbocycles. The first kappa shape index (κ1) is 16.0. The number of aryl methyl sites for hydroxylation is 1. The van der Waals surface area contributed by atoms with Crippen LogP contribution in [0.15, 0.2) is 47.4 Å². The number of rotatable bonds is 5. The van der Waals surface area contributed by atoms with Gasteiger partial charge in [0.2, 0.25) is 10.0 Å². The molecule has 112 valence electrons. The third kappa shape index (κ3) is 4.04. The first-order chi connectivity index (χ1) is 9.92. The lowest BCUT2D eigenvalue weighted by molar-refractivity contribution is 0.281. The van der Waals surface area contributed by atoms with Crippen LogP contribution < -0.4 is 4.72 Å². The van der Waals surface area contributed by atoms with Crippen molar-refractivity contribution in [3.8, 4) is 0 Å². The molecule has 0 aliphatic heterocycles. The maximum Gasteiger partial charge on any atom is 0.242 e. The molecule has 0 bridgehead atoms. The summed E-state index contributed by atoms with van der Waals surface area (Å²) < 4.78 is 27.1. The van der Waals surface area contributed by atoms with Gasteiger partial charge in [-0.15, -0.1) is 0 Å². The van der Waals surface area contributed by atoms with Gasteiger partial charge >= 0.3 is 0 Å². The van der Waals surface area contributed by atoms with E-state index in [0.29, 0.717) is 5.56 Å². The molecular formula is C15H16ClNO3S. The van der Waals surface area contributed by atoms with Crippen LogP contribution in [-0.2, 0) is 23.2 Å². The molecule has 0 unspecified atom stereocenters. The van der Waals surface area contributed by atoms with Crippen LogP contribution in [-0.4, -0.2) is 13.5 Å². The molecule has 0 aliphatic rings. The second-order valence-corrected chi connectivity index (χ2v) is 6.88. The van der Waals surface area contributed by atoms with Crippen molar-refractivity contribution in [3.05, 3.63) is 64.2 Å². The van der Waals surface area contributed by atoms with E-state index in [4.69, 9.17) is 16.7 Å². The number of sulfonamides is 1. The summed E-state index contributed by atoms with van der Waals surface area (Å²) in [5.41, 5.74) is 2.43. The van der Waals surface area contributed by atoms with Gasteiger partial charge < -0.3 is 5.11 Å². The molecule has 0 aliphatic carbocycles. The van der Waals surface area contributed by atoms with Crippen molar-refractivity contribution >= 4 is 21.6 Å². The Balaban J connectivity index is 2.22. The lowest BCUT2D eigenvalue weighted by Gasteiger charge is -2.10. The fourth-order valence-electron chi connectivity index (χ4n) is 1.93. The summed E-state index contributed by atoms with van der Waals surface area (Å²) in [5.74, 6) is 0. The van der Waals surface area contributed by atoms with Crippen LogP contribution in [0.5, 0.6) is 0 Å². The molecule has 6 heteroatoms. The van der Waals surface area contributed by atoms with Crippen molar-refractivity contribution in [1.29, 1.82) is 0 Å². The van der Waals surface area contributed by atoms with Crippen molar-refractivity contribution in [1.82, 2.24) is 4.72 Å². The summed E-state index contributed by atoms with van der Waals surface area (Å²) >= 11 is 5.94. The predicted octanol–water partition coefficient (Wildman–Crippen LogP) is 2.62. The van der Waals surface area contributed by atoms with E-state index in [-0.39, 0.29) is 23.1 Å². The molecule has 0 heterocycles. The average molecular weight is 326 g/mol. The average Bonchev–Trinajstić information content (AvgIpc) is 2.46. The quantitative estimate of drug-likeness (QED) is 0.888. The molecule has 0 saturated carbocycles. The zero-order valence-corrected chi connectivity index (χ0v) is 13.1. The number of nitrogens with one attached hydrogen (secondary N) is 1. The van der Waals surface area contributed by atoms with Gasteiger partial charge in [0.25, 0.3) is 0 Å². The molecule has 2 aromatic rings. The molecule has 0 spiro atoms. The van der Waals surface area contributed by atoms with Gasteiger partial charge in [-0.1, -0.05) is 47.5 Å². The van der Waals surface area contributed by atoms with Gasteiger partial charge in [-0.2, -0.15) is 0 Å². The Morgan fingerprint density at radius 2 is 1.90 bits per heavy atom. The molecule has 0 fully saturated rings. The van der Waals surface area contributed by atoms with Gasteiger partial charge in [0.1, 0.15) is 4.90 Å². The molecule has 0 radical (unpaired) electrons. The van der Waals surface area contributed by atoms with E-state index in [1.807, 2.05) is 31.2 Å². The second-order valence-electron chi connectivity index (χ2n) is 4.74. The zero-order chi connectivity index (χ0) is 15.5. The Bertz CT molecular complexity index is 744. The Labute approximate surface area is 129 Å². The summed E-state index contributed by atoms with van der Waals surface area (Å²) in [6.45, 7) is 1.89. The molecule has 0 aromatic heterocycles. The van der Waals surface area contributed by atoms with E-state index < -0.39 is 10.0 Å². The van der Waals surface area contributed by atoms with Crippen LogP contribution in [0.25, 0.3) is 0 Å². The lowest BCUT2D eigenvalue weighted by atomic mass is 10.1. The number of aliphatic hydroxyl groups excluding tert-OH is 1. The Hall–Kier alpha value is -1.40. The fourth-order valence-corrected chi connectivity index (χ4v) is 3.50. The second kappa shape index (κ2) is 6.58. The molecular weight excluding hydrogens is 310 g/mol. The molecule has 0 amide bonds. The Kier molecular flexibility index (Phi) is 5.00. The van der Waals surface area contributed by atoms with Crippen molar-refractivity contribution in [2.75, 3.05) is 0 Å². The highest BCUT2D eigenvalue weighted by atomic mass is 35.5. The fraction of sp³-hybridized carbons (Fsp3) is 0.200. The molecule has 4 nitrogen and oxygen atoms in total. The largest absolute Gasteiger partial charge is 0.392 e. The van der Waals surface area contributed by atoms with Gasteiger partial charge in [-0.25, -0.2) is 13.1 Å². The van der Waals surface area contributed by atoms with Crippen LogP contribution in [0.4, 0.5) is 0 Å². The number of hydrogen-bond donors (Lipinski definition) is 2. The highest BCUT2D eigenvalue weighted by Crippen LogP contribution is 2.23. The van der Waals surface area contributed by atoms with E-state index in [0.717, 1.165) is 11.1 Å². The van der Waals surface area contributed by atoms with Gasteiger partial charge in [-0.3, -0.25) is 0 Å². The van der Waals surface area contributed by atoms with Gasteiger partial charge in [0.05, 0.1) is 11.6 Å².